The summed E-state index contributed by atoms with van der Waals surface area (Å²) >= 11 is 0. The van der Waals surface area contributed by atoms with Crippen LogP contribution in [0.5, 0.6) is 0 Å². The van der Waals surface area contributed by atoms with Gasteiger partial charge in [0.2, 0.25) is 5.91 Å². The Bertz CT molecular complexity index is 389. The predicted octanol–water partition coefficient (Wildman–Crippen LogP) is 2.07. The number of aliphatic hydroxyl groups is 1. The molecule has 1 aromatic carbocycles. The standard InChI is InChI=1S/C15H21NO2/c1-11(17)6-5-9-16-15(18)14-10-13(14)12-7-3-2-4-8-12/h2-4,7-8,11,13-14,17H,5-6,9-10H2,1H3,(H,16,18). The van der Waals surface area contributed by atoms with Crippen LogP contribution in [0.2, 0.25) is 0 Å². The molecule has 1 fully saturated rings. The highest BCUT2D eigenvalue weighted by molar-refractivity contribution is 5.82. The molecule has 0 saturated heterocycles. The van der Waals surface area contributed by atoms with Crippen LogP contribution in [0.4, 0.5) is 0 Å². The van der Waals surface area contributed by atoms with E-state index in [1.165, 1.54) is 5.56 Å². The summed E-state index contributed by atoms with van der Waals surface area (Å²) in [6, 6.07) is 10.2. The van der Waals surface area contributed by atoms with Gasteiger partial charge in [-0.2, -0.15) is 0 Å². The van der Waals surface area contributed by atoms with Gasteiger partial charge in [0.1, 0.15) is 0 Å². The molecule has 18 heavy (non-hydrogen) atoms. The van der Waals surface area contributed by atoms with Crippen molar-refractivity contribution in [2.24, 2.45) is 5.92 Å². The van der Waals surface area contributed by atoms with E-state index >= 15 is 0 Å². The normalized spacial score (nSPS) is 23.4. The lowest BCUT2D eigenvalue weighted by atomic mass is 10.1. The smallest absolute Gasteiger partial charge is 0.223 e. The van der Waals surface area contributed by atoms with Crippen molar-refractivity contribution in [3.8, 4) is 0 Å². The largest absolute Gasteiger partial charge is 0.393 e. The molecule has 1 saturated carbocycles. The lowest BCUT2D eigenvalue weighted by molar-refractivity contribution is -0.122. The summed E-state index contributed by atoms with van der Waals surface area (Å²) in [5, 5.41) is 12.1. The summed E-state index contributed by atoms with van der Waals surface area (Å²) in [6.07, 6.45) is 2.27. The monoisotopic (exact) mass is 247 g/mol. The summed E-state index contributed by atoms with van der Waals surface area (Å²) in [5.74, 6) is 0.719. The molecular weight excluding hydrogens is 226 g/mol. The van der Waals surface area contributed by atoms with Gasteiger partial charge in [0.25, 0.3) is 0 Å². The van der Waals surface area contributed by atoms with Gasteiger partial charge in [-0.3, -0.25) is 4.79 Å². The van der Waals surface area contributed by atoms with E-state index in [1.807, 2.05) is 18.2 Å². The van der Waals surface area contributed by atoms with Crippen LogP contribution in [-0.4, -0.2) is 23.7 Å². The van der Waals surface area contributed by atoms with Crippen molar-refractivity contribution in [1.29, 1.82) is 0 Å². The Hall–Kier alpha value is -1.35. The van der Waals surface area contributed by atoms with Crippen LogP contribution >= 0.6 is 0 Å². The van der Waals surface area contributed by atoms with Crippen LogP contribution in [0, 0.1) is 5.92 Å². The fourth-order valence-corrected chi connectivity index (χ4v) is 2.29. The highest BCUT2D eigenvalue weighted by atomic mass is 16.3. The molecule has 3 atom stereocenters. The number of aliphatic hydroxyl groups excluding tert-OH is 1. The average Bonchev–Trinajstić information content (AvgIpc) is 3.15. The van der Waals surface area contributed by atoms with Crippen LogP contribution in [0.3, 0.4) is 0 Å². The minimum atomic E-state index is -0.278. The lowest BCUT2D eigenvalue weighted by Gasteiger charge is -2.06. The van der Waals surface area contributed by atoms with Crippen molar-refractivity contribution >= 4 is 5.91 Å². The second-order valence-corrected chi connectivity index (χ2v) is 5.14. The van der Waals surface area contributed by atoms with Crippen LogP contribution in [0.25, 0.3) is 0 Å². The molecule has 1 amide bonds. The molecule has 1 aromatic rings. The molecule has 0 spiro atoms. The van der Waals surface area contributed by atoms with E-state index in [0.29, 0.717) is 12.5 Å². The van der Waals surface area contributed by atoms with Crippen molar-refractivity contribution < 1.29 is 9.90 Å². The zero-order valence-corrected chi connectivity index (χ0v) is 10.8. The summed E-state index contributed by atoms with van der Waals surface area (Å²) in [5.41, 5.74) is 1.27. The lowest BCUT2D eigenvalue weighted by Crippen LogP contribution is -2.26. The maximum absolute atomic E-state index is 11.9. The topological polar surface area (TPSA) is 49.3 Å². The van der Waals surface area contributed by atoms with Gasteiger partial charge in [-0.25, -0.2) is 0 Å². The molecule has 98 valence electrons. The predicted molar refractivity (Wildman–Crippen MR) is 71.2 cm³/mol. The van der Waals surface area contributed by atoms with Gasteiger partial charge >= 0.3 is 0 Å². The number of nitrogens with one attached hydrogen (secondary N) is 1. The first-order valence-electron chi connectivity index (χ1n) is 6.69. The summed E-state index contributed by atoms with van der Waals surface area (Å²) in [4.78, 5) is 11.9. The third-order valence-electron chi connectivity index (χ3n) is 3.45. The number of hydrogen-bond donors (Lipinski definition) is 2. The Morgan fingerprint density at radius 2 is 2.17 bits per heavy atom. The zero-order valence-electron chi connectivity index (χ0n) is 10.8. The number of carbonyl (C=O) groups excluding carboxylic acids is 1. The highest BCUT2D eigenvalue weighted by Crippen LogP contribution is 2.47. The maximum atomic E-state index is 11.9. The van der Waals surface area contributed by atoms with E-state index in [2.05, 4.69) is 17.4 Å². The van der Waals surface area contributed by atoms with Crippen LogP contribution in [-0.2, 0) is 4.79 Å². The molecule has 2 N–H and O–H groups in total. The highest BCUT2D eigenvalue weighted by Gasteiger charge is 2.43. The quantitative estimate of drug-likeness (QED) is 0.756. The van der Waals surface area contributed by atoms with Crippen molar-refractivity contribution in [1.82, 2.24) is 5.32 Å². The van der Waals surface area contributed by atoms with E-state index in [9.17, 15) is 4.79 Å². The SMILES string of the molecule is CC(O)CCCNC(=O)C1CC1c1ccccc1. The van der Waals surface area contributed by atoms with Gasteiger partial charge < -0.3 is 10.4 Å². The maximum Gasteiger partial charge on any atom is 0.223 e. The molecular formula is C15H21NO2. The zero-order chi connectivity index (χ0) is 13.0. The molecule has 3 nitrogen and oxygen atoms in total. The second kappa shape index (κ2) is 6.01. The Kier molecular flexibility index (Phi) is 4.37. The number of benzene rings is 1. The molecule has 0 heterocycles. The summed E-state index contributed by atoms with van der Waals surface area (Å²) < 4.78 is 0. The molecule has 0 radical (unpaired) electrons. The molecule has 3 unspecified atom stereocenters. The molecule has 0 aromatic heterocycles. The van der Waals surface area contributed by atoms with E-state index in [4.69, 9.17) is 5.11 Å². The van der Waals surface area contributed by atoms with E-state index < -0.39 is 0 Å². The van der Waals surface area contributed by atoms with Gasteiger partial charge in [-0.1, -0.05) is 30.3 Å². The second-order valence-electron chi connectivity index (χ2n) is 5.14. The van der Waals surface area contributed by atoms with Gasteiger partial charge in [-0.15, -0.1) is 0 Å². The minimum absolute atomic E-state index is 0.152. The van der Waals surface area contributed by atoms with Crippen LogP contribution in [0.1, 0.15) is 37.7 Å². The number of amides is 1. The molecule has 1 aliphatic rings. The van der Waals surface area contributed by atoms with Gasteiger partial charge in [0.15, 0.2) is 0 Å². The van der Waals surface area contributed by atoms with E-state index in [0.717, 1.165) is 19.3 Å². The molecule has 1 aliphatic carbocycles. The molecule has 3 heteroatoms. The summed E-state index contributed by atoms with van der Waals surface area (Å²) in [7, 11) is 0. The number of rotatable bonds is 6. The van der Waals surface area contributed by atoms with Crippen molar-refractivity contribution in [2.75, 3.05) is 6.54 Å². The molecule has 0 bridgehead atoms. The average molecular weight is 247 g/mol. The first kappa shape index (κ1) is 13.1. The Morgan fingerprint density at radius 3 is 2.83 bits per heavy atom. The van der Waals surface area contributed by atoms with Crippen LogP contribution in [0.15, 0.2) is 30.3 Å². The first-order chi connectivity index (χ1) is 8.68. The van der Waals surface area contributed by atoms with Crippen molar-refractivity contribution in [2.45, 2.75) is 38.2 Å². The Balaban J connectivity index is 1.70. The Morgan fingerprint density at radius 1 is 1.44 bits per heavy atom. The van der Waals surface area contributed by atoms with Gasteiger partial charge in [0, 0.05) is 12.5 Å². The third-order valence-corrected chi connectivity index (χ3v) is 3.45. The fraction of sp³-hybridized carbons (Fsp3) is 0.533. The Labute approximate surface area is 108 Å². The van der Waals surface area contributed by atoms with Crippen molar-refractivity contribution in [3.63, 3.8) is 0 Å². The molecule has 2 rings (SSSR count). The van der Waals surface area contributed by atoms with Crippen LogP contribution < -0.4 is 5.32 Å². The number of hydrogen-bond acceptors (Lipinski definition) is 2. The molecule has 0 aliphatic heterocycles. The minimum Gasteiger partial charge on any atom is -0.393 e. The van der Waals surface area contributed by atoms with Gasteiger partial charge in [-0.05, 0) is 37.7 Å². The number of carbonyl (C=O) groups is 1. The van der Waals surface area contributed by atoms with E-state index in [1.54, 1.807) is 6.92 Å². The van der Waals surface area contributed by atoms with E-state index in [-0.39, 0.29) is 17.9 Å². The van der Waals surface area contributed by atoms with Gasteiger partial charge in [0.05, 0.1) is 6.10 Å². The third kappa shape index (κ3) is 3.57. The first-order valence-corrected chi connectivity index (χ1v) is 6.69. The van der Waals surface area contributed by atoms with Crippen molar-refractivity contribution in [3.05, 3.63) is 35.9 Å². The summed E-state index contributed by atoms with van der Waals surface area (Å²) in [6.45, 7) is 2.44. The fourth-order valence-electron chi connectivity index (χ4n) is 2.29.